The third kappa shape index (κ3) is 2.46. The molecule has 0 fully saturated rings. The Morgan fingerprint density at radius 3 is 2.95 bits per heavy atom. The highest BCUT2D eigenvalue weighted by Gasteiger charge is 2.14. The number of ether oxygens (including phenoxy) is 1. The van der Waals surface area contributed by atoms with Crippen LogP contribution >= 0.6 is 0 Å². The molecule has 0 unspecified atom stereocenters. The number of nitrogens with zero attached hydrogens (tertiary/aromatic N) is 1. The molecule has 2 aromatic heterocycles. The molecule has 3 rings (SSSR count). The van der Waals surface area contributed by atoms with Gasteiger partial charge in [-0.2, -0.15) is 0 Å². The lowest BCUT2D eigenvalue weighted by Crippen LogP contribution is -2.07. The summed E-state index contributed by atoms with van der Waals surface area (Å²) in [6.07, 6.45) is 3.29. The standard InChI is InChI=1S/C17H16N2O3/c1-2-22-17(21)11-8-14(16(10-20)19-9-11)12-4-3-5-15-13(12)6-7-18-15/h3-9,18,20H,2,10H2,1H3. The Kier molecular flexibility index (Phi) is 3.89. The van der Waals surface area contributed by atoms with Crippen molar-refractivity contribution in [2.24, 2.45) is 0 Å². The summed E-state index contributed by atoms with van der Waals surface area (Å²) < 4.78 is 5.02. The lowest BCUT2D eigenvalue weighted by Gasteiger charge is -2.10. The number of hydrogen-bond acceptors (Lipinski definition) is 4. The lowest BCUT2D eigenvalue weighted by molar-refractivity contribution is 0.0526. The van der Waals surface area contributed by atoms with Crippen LogP contribution in [0.2, 0.25) is 0 Å². The Balaban J connectivity index is 2.18. The first kappa shape index (κ1) is 14.3. The number of carbonyl (C=O) groups excluding carboxylic acids is 1. The van der Waals surface area contributed by atoms with E-state index in [-0.39, 0.29) is 6.61 Å². The lowest BCUT2D eigenvalue weighted by atomic mass is 9.99. The fourth-order valence-corrected chi connectivity index (χ4v) is 2.50. The van der Waals surface area contributed by atoms with Crippen molar-refractivity contribution in [3.63, 3.8) is 0 Å². The maximum absolute atomic E-state index is 11.9. The topological polar surface area (TPSA) is 75.2 Å². The Bertz CT molecular complexity index is 824. The average molecular weight is 296 g/mol. The predicted molar refractivity (Wildman–Crippen MR) is 83.4 cm³/mol. The van der Waals surface area contributed by atoms with E-state index in [4.69, 9.17) is 4.74 Å². The number of H-pyrrole nitrogens is 1. The van der Waals surface area contributed by atoms with E-state index >= 15 is 0 Å². The van der Waals surface area contributed by atoms with Gasteiger partial charge in [0.15, 0.2) is 0 Å². The second kappa shape index (κ2) is 5.99. The number of esters is 1. The summed E-state index contributed by atoms with van der Waals surface area (Å²) >= 11 is 0. The van der Waals surface area contributed by atoms with Gasteiger partial charge in [0, 0.05) is 28.9 Å². The second-order valence-electron chi connectivity index (χ2n) is 4.84. The van der Waals surface area contributed by atoms with E-state index in [2.05, 4.69) is 9.97 Å². The molecule has 5 nitrogen and oxygen atoms in total. The van der Waals surface area contributed by atoms with Crippen LogP contribution in [0, 0.1) is 0 Å². The van der Waals surface area contributed by atoms with Gasteiger partial charge in [-0.05, 0) is 30.7 Å². The summed E-state index contributed by atoms with van der Waals surface area (Å²) in [5.41, 5.74) is 3.55. The molecule has 5 heteroatoms. The zero-order chi connectivity index (χ0) is 15.5. The van der Waals surface area contributed by atoms with E-state index in [1.54, 1.807) is 13.0 Å². The molecule has 0 saturated carbocycles. The van der Waals surface area contributed by atoms with Gasteiger partial charge in [-0.15, -0.1) is 0 Å². The molecule has 0 atom stereocenters. The summed E-state index contributed by atoms with van der Waals surface area (Å²) in [4.78, 5) is 19.3. The number of aromatic amines is 1. The van der Waals surface area contributed by atoms with Gasteiger partial charge < -0.3 is 14.8 Å². The first-order valence-electron chi connectivity index (χ1n) is 7.08. The van der Waals surface area contributed by atoms with Crippen LogP contribution < -0.4 is 0 Å². The van der Waals surface area contributed by atoms with Crippen LogP contribution in [0.5, 0.6) is 0 Å². The van der Waals surface area contributed by atoms with Crippen molar-refractivity contribution >= 4 is 16.9 Å². The number of nitrogens with one attached hydrogen (secondary N) is 1. The van der Waals surface area contributed by atoms with E-state index in [9.17, 15) is 9.90 Å². The third-order valence-electron chi connectivity index (χ3n) is 3.52. The largest absolute Gasteiger partial charge is 0.462 e. The summed E-state index contributed by atoms with van der Waals surface area (Å²) in [6, 6.07) is 9.52. The molecule has 0 spiro atoms. The first-order chi connectivity index (χ1) is 10.7. The molecule has 0 aliphatic rings. The van der Waals surface area contributed by atoms with Crippen LogP contribution in [-0.2, 0) is 11.3 Å². The summed E-state index contributed by atoms with van der Waals surface area (Å²) in [5.74, 6) is -0.415. The van der Waals surface area contributed by atoms with E-state index in [0.717, 1.165) is 22.0 Å². The normalized spacial score (nSPS) is 10.8. The fraction of sp³-hybridized carbons (Fsp3) is 0.176. The van der Waals surface area contributed by atoms with Crippen LogP contribution in [0.3, 0.4) is 0 Å². The summed E-state index contributed by atoms with van der Waals surface area (Å²) in [7, 11) is 0. The van der Waals surface area contributed by atoms with Gasteiger partial charge in [-0.1, -0.05) is 12.1 Å². The number of carbonyl (C=O) groups is 1. The molecule has 2 N–H and O–H groups in total. The van der Waals surface area contributed by atoms with Crippen LogP contribution in [0.1, 0.15) is 23.0 Å². The van der Waals surface area contributed by atoms with Gasteiger partial charge in [-0.25, -0.2) is 4.79 Å². The van der Waals surface area contributed by atoms with Gasteiger partial charge in [0.05, 0.1) is 24.5 Å². The fourth-order valence-electron chi connectivity index (χ4n) is 2.50. The van der Waals surface area contributed by atoms with Crippen LogP contribution in [0.4, 0.5) is 0 Å². The van der Waals surface area contributed by atoms with Crippen molar-refractivity contribution in [1.82, 2.24) is 9.97 Å². The van der Waals surface area contributed by atoms with E-state index in [0.29, 0.717) is 17.9 Å². The minimum absolute atomic E-state index is 0.195. The zero-order valence-electron chi connectivity index (χ0n) is 12.2. The predicted octanol–water partition coefficient (Wildman–Crippen LogP) is 2.90. The maximum atomic E-state index is 11.9. The van der Waals surface area contributed by atoms with Crippen molar-refractivity contribution < 1.29 is 14.6 Å². The van der Waals surface area contributed by atoms with Crippen molar-refractivity contribution in [1.29, 1.82) is 0 Å². The number of aromatic nitrogens is 2. The van der Waals surface area contributed by atoms with Crippen molar-refractivity contribution in [3.8, 4) is 11.1 Å². The molecule has 0 aliphatic carbocycles. The smallest absolute Gasteiger partial charge is 0.339 e. The molecular weight excluding hydrogens is 280 g/mol. The van der Waals surface area contributed by atoms with Gasteiger partial charge in [0.25, 0.3) is 0 Å². The van der Waals surface area contributed by atoms with Gasteiger partial charge in [0.2, 0.25) is 0 Å². The molecular formula is C17H16N2O3. The van der Waals surface area contributed by atoms with E-state index in [1.807, 2.05) is 30.5 Å². The minimum atomic E-state index is -0.415. The zero-order valence-corrected chi connectivity index (χ0v) is 12.2. The minimum Gasteiger partial charge on any atom is -0.462 e. The van der Waals surface area contributed by atoms with Crippen LogP contribution in [-0.4, -0.2) is 27.7 Å². The molecule has 22 heavy (non-hydrogen) atoms. The van der Waals surface area contributed by atoms with Crippen molar-refractivity contribution in [2.75, 3.05) is 6.61 Å². The Hall–Kier alpha value is -2.66. The highest BCUT2D eigenvalue weighted by atomic mass is 16.5. The maximum Gasteiger partial charge on any atom is 0.339 e. The van der Waals surface area contributed by atoms with Gasteiger partial charge in [0.1, 0.15) is 0 Å². The number of pyridine rings is 1. The van der Waals surface area contributed by atoms with Crippen LogP contribution in [0.25, 0.3) is 22.0 Å². The molecule has 0 saturated heterocycles. The quantitative estimate of drug-likeness (QED) is 0.726. The molecule has 1 aromatic carbocycles. The molecule has 0 aliphatic heterocycles. The summed E-state index contributed by atoms with van der Waals surface area (Å²) in [6.45, 7) is 1.87. The number of fused-ring (bicyclic) bond motifs is 1. The molecule has 0 radical (unpaired) electrons. The molecule has 2 heterocycles. The van der Waals surface area contributed by atoms with Crippen molar-refractivity contribution in [3.05, 3.63) is 54.0 Å². The molecule has 3 aromatic rings. The Labute approximate surface area is 127 Å². The second-order valence-corrected chi connectivity index (χ2v) is 4.84. The van der Waals surface area contributed by atoms with E-state index in [1.165, 1.54) is 6.20 Å². The highest BCUT2D eigenvalue weighted by Crippen LogP contribution is 2.30. The monoisotopic (exact) mass is 296 g/mol. The number of aliphatic hydroxyl groups excluding tert-OH is 1. The Morgan fingerprint density at radius 2 is 2.18 bits per heavy atom. The molecule has 0 bridgehead atoms. The van der Waals surface area contributed by atoms with E-state index < -0.39 is 5.97 Å². The summed E-state index contributed by atoms with van der Waals surface area (Å²) in [5, 5.41) is 10.6. The van der Waals surface area contributed by atoms with Gasteiger partial charge in [-0.3, -0.25) is 4.98 Å². The van der Waals surface area contributed by atoms with Gasteiger partial charge >= 0.3 is 5.97 Å². The highest BCUT2D eigenvalue weighted by molar-refractivity contribution is 5.97. The number of benzene rings is 1. The first-order valence-corrected chi connectivity index (χ1v) is 7.08. The molecule has 112 valence electrons. The Morgan fingerprint density at radius 1 is 1.32 bits per heavy atom. The van der Waals surface area contributed by atoms with Crippen molar-refractivity contribution in [2.45, 2.75) is 13.5 Å². The SMILES string of the molecule is CCOC(=O)c1cnc(CO)c(-c2cccc3[nH]ccc23)c1. The number of hydrogen-bond donors (Lipinski definition) is 2. The van der Waals surface area contributed by atoms with Crippen LogP contribution in [0.15, 0.2) is 42.7 Å². The number of aliphatic hydroxyl groups is 1. The molecule has 0 amide bonds. The number of rotatable bonds is 4. The third-order valence-corrected chi connectivity index (χ3v) is 3.52. The average Bonchev–Trinajstić information content (AvgIpc) is 3.03.